The second-order valence-electron chi connectivity index (χ2n) is 2.26. The number of hydrogen-bond acceptors (Lipinski definition) is 3. The Bertz CT molecular complexity index is 392. The first-order valence-corrected chi connectivity index (χ1v) is 3.47. The van der Waals surface area contributed by atoms with E-state index in [1.54, 1.807) is 12.4 Å². The highest BCUT2D eigenvalue weighted by atomic mass is 15.1. The summed E-state index contributed by atoms with van der Waals surface area (Å²) in [6.07, 6.45) is 8.32. The van der Waals surface area contributed by atoms with Crippen LogP contribution in [0.1, 0.15) is 6.42 Å². The Hall–Kier alpha value is -1.51. The lowest BCUT2D eigenvalue weighted by molar-refractivity contribution is 0.965. The molecule has 0 atom stereocenters. The summed E-state index contributed by atoms with van der Waals surface area (Å²) >= 11 is 0. The summed E-state index contributed by atoms with van der Waals surface area (Å²) in [5.41, 5.74) is 0. The van der Waals surface area contributed by atoms with E-state index < -0.39 is 0 Å². The van der Waals surface area contributed by atoms with E-state index in [4.69, 9.17) is 0 Å². The molecule has 0 saturated heterocycles. The molecule has 1 aromatic rings. The predicted molar refractivity (Wildman–Crippen MR) is 41.0 cm³/mol. The summed E-state index contributed by atoms with van der Waals surface area (Å²) in [6, 6.07) is 1.86. The highest BCUT2D eigenvalue weighted by Crippen LogP contribution is 1.85. The summed E-state index contributed by atoms with van der Waals surface area (Å²) in [4.78, 5) is 4.17. The number of allylic oxidation sites excluding steroid dienone is 1. The molecule has 2 heterocycles. The van der Waals surface area contributed by atoms with Crippen molar-refractivity contribution in [2.24, 2.45) is 4.99 Å². The normalized spacial score (nSPS) is 14.2. The van der Waals surface area contributed by atoms with Crippen LogP contribution in [0.4, 0.5) is 0 Å². The van der Waals surface area contributed by atoms with Crippen LogP contribution in [0.25, 0.3) is 6.08 Å². The molecule has 3 heteroatoms. The monoisotopic (exact) mass is 145 g/mol. The van der Waals surface area contributed by atoms with Crippen molar-refractivity contribution >= 4 is 6.08 Å². The molecule has 0 saturated carbocycles. The van der Waals surface area contributed by atoms with Gasteiger partial charge in [0.1, 0.15) is 5.35 Å². The first-order chi connectivity index (χ1) is 5.47. The van der Waals surface area contributed by atoms with Crippen molar-refractivity contribution in [3.8, 4) is 0 Å². The van der Waals surface area contributed by atoms with Gasteiger partial charge >= 0.3 is 0 Å². The lowest BCUT2D eigenvalue weighted by atomic mass is 10.3. The molecule has 0 aliphatic carbocycles. The molecule has 0 amide bonds. The molecule has 3 nitrogen and oxygen atoms in total. The number of aromatic nitrogens is 2. The van der Waals surface area contributed by atoms with Crippen LogP contribution in [0.2, 0.25) is 0 Å². The predicted octanol–water partition coefficient (Wildman–Crippen LogP) is -0.206. The Labute approximate surface area is 63.8 Å². The molecule has 1 aromatic heterocycles. The molecule has 11 heavy (non-hydrogen) atoms. The third-order valence-corrected chi connectivity index (χ3v) is 1.49. The summed E-state index contributed by atoms with van der Waals surface area (Å²) in [5.74, 6) is 0. The first kappa shape index (κ1) is 6.22. The Balaban J connectivity index is 2.81. The third kappa shape index (κ3) is 1.17. The molecule has 0 fully saturated rings. The van der Waals surface area contributed by atoms with Crippen molar-refractivity contribution in [1.29, 1.82) is 0 Å². The van der Waals surface area contributed by atoms with E-state index in [0.717, 1.165) is 17.1 Å². The topological polar surface area (TPSA) is 38.1 Å². The second-order valence-corrected chi connectivity index (χ2v) is 2.26. The van der Waals surface area contributed by atoms with Gasteiger partial charge in [0.2, 0.25) is 0 Å². The van der Waals surface area contributed by atoms with Gasteiger partial charge in [-0.2, -0.15) is 5.10 Å². The number of rotatable bonds is 0. The van der Waals surface area contributed by atoms with Gasteiger partial charge in [-0.1, -0.05) is 12.2 Å². The number of hydrogen-bond donors (Lipinski definition) is 0. The second kappa shape index (κ2) is 2.62. The van der Waals surface area contributed by atoms with Crippen molar-refractivity contribution in [1.82, 2.24) is 10.2 Å². The van der Waals surface area contributed by atoms with Crippen LogP contribution in [0.3, 0.4) is 0 Å². The Morgan fingerprint density at radius 1 is 1.36 bits per heavy atom. The van der Waals surface area contributed by atoms with E-state index in [9.17, 15) is 0 Å². The molecule has 0 unspecified atom stereocenters. The molecule has 1 aliphatic heterocycles. The van der Waals surface area contributed by atoms with Crippen LogP contribution < -0.4 is 10.7 Å². The lowest BCUT2D eigenvalue weighted by Gasteiger charge is -1.82. The molecular formula is C8H7N3. The average Bonchev–Trinajstić information content (AvgIpc) is 2.28. The van der Waals surface area contributed by atoms with E-state index in [-0.39, 0.29) is 0 Å². The van der Waals surface area contributed by atoms with E-state index in [1.807, 2.05) is 18.2 Å². The van der Waals surface area contributed by atoms with Crippen LogP contribution in [0, 0.1) is 0 Å². The summed E-state index contributed by atoms with van der Waals surface area (Å²) in [7, 11) is 0. The Morgan fingerprint density at radius 2 is 2.36 bits per heavy atom. The maximum atomic E-state index is 4.17. The minimum absolute atomic E-state index is 0.873. The number of fused-ring (bicyclic) bond motifs is 1. The zero-order valence-corrected chi connectivity index (χ0v) is 5.94. The fraction of sp³-hybridized carbons (Fsp3) is 0.125. The molecule has 54 valence electrons. The molecule has 0 radical (unpaired) electrons. The summed E-state index contributed by atoms with van der Waals surface area (Å²) < 4.78 is 0. The first-order valence-electron chi connectivity index (χ1n) is 3.47. The molecule has 2 rings (SSSR count). The van der Waals surface area contributed by atoms with Gasteiger partial charge in [0, 0.05) is 6.20 Å². The zero-order chi connectivity index (χ0) is 7.52. The summed E-state index contributed by atoms with van der Waals surface area (Å²) in [6.45, 7) is 0. The van der Waals surface area contributed by atoms with Crippen molar-refractivity contribution < 1.29 is 0 Å². The third-order valence-electron chi connectivity index (χ3n) is 1.49. The lowest BCUT2D eigenvalue weighted by Crippen LogP contribution is -2.28. The van der Waals surface area contributed by atoms with Crippen LogP contribution in [0.15, 0.2) is 29.5 Å². The van der Waals surface area contributed by atoms with Crippen LogP contribution in [-0.4, -0.2) is 10.2 Å². The van der Waals surface area contributed by atoms with Gasteiger partial charge in [0.25, 0.3) is 0 Å². The van der Waals surface area contributed by atoms with Crippen LogP contribution in [0.5, 0.6) is 0 Å². The van der Waals surface area contributed by atoms with Crippen molar-refractivity contribution in [3.05, 3.63) is 35.2 Å². The quantitative estimate of drug-likeness (QED) is 0.507. The Morgan fingerprint density at radius 3 is 3.36 bits per heavy atom. The minimum atomic E-state index is 0.873. The Kier molecular flexibility index (Phi) is 1.48. The number of nitrogens with zero attached hydrogens (tertiary/aromatic N) is 3. The standard InChI is InChI=1S/C8H7N3/c1-2-5-9-7-4-6-10-11-8(7)3-1/h2-6H,1H2. The molecular weight excluding hydrogens is 138 g/mol. The van der Waals surface area contributed by atoms with Gasteiger partial charge in [0.05, 0.1) is 11.6 Å². The van der Waals surface area contributed by atoms with E-state index in [0.29, 0.717) is 0 Å². The highest BCUT2D eigenvalue weighted by Gasteiger charge is 1.88. The van der Waals surface area contributed by atoms with Gasteiger partial charge in [-0.05, 0) is 12.5 Å². The maximum Gasteiger partial charge on any atom is 0.108 e. The van der Waals surface area contributed by atoms with E-state index in [1.165, 1.54) is 0 Å². The summed E-state index contributed by atoms with van der Waals surface area (Å²) in [5, 5.41) is 9.48. The minimum Gasteiger partial charge on any atom is -0.255 e. The van der Waals surface area contributed by atoms with Crippen molar-refractivity contribution in [3.63, 3.8) is 0 Å². The smallest absolute Gasteiger partial charge is 0.108 e. The fourth-order valence-corrected chi connectivity index (χ4v) is 0.964. The van der Waals surface area contributed by atoms with Gasteiger partial charge in [-0.25, -0.2) is 0 Å². The van der Waals surface area contributed by atoms with Gasteiger partial charge in [0.15, 0.2) is 0 Å². The van der Waals surface area contributed by atoms with E-state index in [2.05, 4.69) is 15.2 Å². The van der Waals surface area contributed by atoms with Crippen LogP contribution in [-0.2, 0) is 0 Å². The van der Waals surface area contributed by atoms with Gasteiger partial charge in [-0.15, -0.1) is 5.10 Å². The molecule has 0 aromatic carbocycles. The van der Waals surface area contributed by atoms with E-state index >= 15 is 0 Å². The average molecular weight is 145 g/mol. The molecule has 0 spiro atoms. The SMILES string of the molecule is C1=CN=c2ccnnc2=CC1. The van der Waals surface area contributed by atoms with Crippen molar-refractivity contribution in [2.75, 3.05) is 0 Å². The zero-order valence-electron chi connectivity index (χ0n) is 5.94. The molecule has 0 N–H and O–H groups in total. The fourth-order valence-electron chi connectivity index (χ4n) is 0.964. The van der Waals surface area contributed by atoms with Crippen molar-refractivity contribution in [2.45, 2.75) is 6.42 Å². The molecule has 0 bridgehead atoms. The molecule has 1 aliphatic rings. The maximum absolute atomic E-state index is 4.17. The van der Waals surface area contributed by atoms with Gasteiger partial charge < -0.3 is 0 Å². The largest absolute Gasteiger partial charge is 0.255 e. The van der Waals surface area contributed by atoms with Gasteiger partial charge in [-0.3, -0.25) is 4.99 Å². The highest BCUT2D eigenvalue weighted by molar-refractivity contribution is 5.22. The van der Waals surface area contributed by atoms with Crippen LogP contribution >= 0.6 is 0 Å².